The van der Waals surface area contributed by atoms with Gasteiger partial charge in [-0.15, -0.1) is 10.4 Å². The number of hydrogen-bond acceptors (Lipinski definition) is 2. The Hall–Kier alpha value is -4.08. The van der Waals surface area contributed by atoms with Crippen molar-refractivity contribution < 1.29 is 0 Å². The summed E-state index contributed by atoms with van der Waals surface area (Å²) in [5, 5.41) is 8.07. The number of nitrogens with zero attached hydrogens (tertiary/aromatic N) is 2. The molecule has 0 atom stereocenters. The molecule has 0 N–H and O–H groups in total. The zero-order chi connectivity index (χ0) is 21.6. The fourth-order valence-electron chi connectivity index (χ4n) is 6.12. The van der Waals surface area contributed by atoms with Crippen molar-refractivity contribution in [1.29, 1.82) is 0 Å². The van der Waals surface area contributed by atoms with Crippen LogP contribution in [0.1, 0.15) is 0 Å². The molecular weight excluding hydrogens is 416 g/mol. The lowest BCUT2D eigenvalue weighted by Gasteiger charge is -2.41. The molecule has 0 amide bonds. The van der Waals surface area contributed by atoms with E-state index >= 15 is 0 Å². The minimum atomic E-state index is -2.51. The molecule has 2 aliphatic rings. The third-order valence-corrected chi connectivity index (χ3v) is 12.3. The van der Waals surface area contributed by atoms with Crippen LogP contribution in [0.2, 0.25) is 0 Å². The minimum absolute atomic E-state index is 1.06. The summed E-state index contributed by atoms with van der Waals surface area (Å²) in [5.74, 6) is 0. The molecule has 4 aromatic carbocycles. The number of aromatic nitrogens is 2. The molecule has 0 fully saturated rings. The zero-order valence-corrected chi connectivity index (χ0v) is 18.8. The average Bonchev–Trinajstić information content (AvgIpc) is 3.33. The first kappa shape index (κ1) is 17.5. The van der Waals surface area contributed by atoms with E-state index in [1.165, 1.54) is 42.6 Å². The maximum absolute atomic E-state index is 5.24. The molecule has 2 nitrogen and oxygen atoms in total. The minimum Gasteiger partial charge on any atom is -0.251 e. The van der Waals surface area contributed by atoms with E-state index in [9.17, 15) is 0 Å². The highest BCUT2D eigenvalue weighted by Crippen LogP contribution is 2.38. The van der Waals surface area contributed by atoms with Gasteiger partial charge in [-0.25, -0.2) is 0 Å². The van der Waals surface area contributed by atoms with E-state index < -0.39 is 8.07 Å². The first-order valence-electron chi connectivity index (χ1n) is 11.4. The van der Waals surface area contributed by atoms with E-state index in [2.05, 4.69) is 109 Å². The second kappa shape index (κ2) is 6.03. The highest BCUT2D eigenvalue weighted by atomic mass is 28.3. The SMILES string of the molecule is c1ccc([Si-]23c4cc5ccccc5nc4-c4cccc(c42)-c2nc4ccccc4cc23)cc1. The van der Waals surface area contributed by atoms with Gasteiger partial charge in [0.25, 0.3) is 0 Å². The molecule has 6 aromatic rings. The molecule has 2 aliphatic heterocycles. The van der Waals surface area contributed by atoms with E-state index in [0.717, 1.165) is 22.4 Å². The van der Waals surface area contributed by atoms with Gasteiger partial charge in [-0.1, -0.05) is 97.1 Å². The molecule has 153 valence electrons. The molecule has 0 spiro atoms. The van der Waals surface area contributed by atoms with Crippen molar-refractivity contribution in [3.63, 3.8) is 0 Å². The average molecular weight is 435 g/mol. The van der Waals surface area contributed by atoms with Crippen molar-refractivity contribution in [3.8, 4) is 22.5 Å². The van der Waals surface area contributed by atoms with E-state index in [1.54, 1.807) is 0 Å². The van der Waals surface area contributed by atoms with Gasteiger partial charge in [0.15, 0.2) is 0 Å². The van der Waals surface area contributed by atoms with Crippen molar-refractivity contribution in [2.24, 2.45) is 0 Å². The van der Waals surface area contributed by atoms with E-state index in [4.69, 9.17) is 9.97 Å². The van der Waals surface area contributed by atoms with E-state index in [0.29, 0.717) is 0 Å². The largest absolute Gasteiger partial charge is 0.251 e. The summed E-state index contributed by atoms with van der Waals surface area (Å²) in [6, 6.07) is 39.7. The predicted molar refractivity (Wildman–Crippen MR) is 139 cm³/mol. The molecule has 2 aromatic heterocycles. The van der Waals surface area contributed by atoms with Gasteiger partial charge in [0.2, 0.25) is 0 Å². The van der Waals surface area contributed by atoms with Crippen LogP contribution < -0.4 is 20.7 Å². The van der Waals surface area contributed by atoms with Crippen LogP contribution in [0.3, 0.4) is 0 Å². The van der Waals surface area contributed by atoms with Crippen molar-refractivity contribution in [2.75, 3.05) is 0 Å². The second-order valence-electron chi connectivity index (χ2n) is 9.00. The van der Waals surface area contributed by atoms with Gasteiger partial charge in [0.1, 0.15) is 0 Å². The zero-order valence-electron chi connectivity index (χ0n) is 17.8. The Morgan fingerprint density at radius 2 is 1.00 bits per heavy atom. The quantitative estimate of drug-likeness (QED) is 0.363. The van der Waals surface area contributed by atoms with Crippen molar-refractivity contribution >= 4 is 50.6 Å². The molecule has 0 aliphatic carbocycles. The Balaban J connectivity index is 1.62. The molecule has 0 saturated heterocycles. The molecule has 4 heterocycles. The molecule has 0 bridgehead atoms. The number of para-hydroxylation sites is 2. The molecular formula is C30H18N2Si-. The smallest absolute Gasteiger partial charge is 0.0707 e. The third-order valence-electron chi connectivity index (χ3n) is 7.41. The molecule has 0 saturated carbocycles. The Kier molecular flexibility index (Phi) is 3.19. The van der Waals surface area contributed by atoms with Gasteiger partial charge >= 0.3 is 0 Å². The first-order valence-corrected chi connectivity index (χ1v) is 13.4. The normalized spacial score (nSPS) is 14.3. The van der Waals surface area contributed by atoms with Gasteiger partial charge in [0.05, 0.1) is 11.0 Å². The number of rotatable bonds is 1. The highest BCUT2D eigenvalue weighted by Gasteiger charge is 2.44. The Morgan fingerprint density at radius 1 is 0.485 bits per heavy atom. The summed E-state index contributed by atoms with van der Waals surface area (Å²) in [7, 11) is -2.51. The Morgan fingerprint density at radius 3 is 1.58 bits per heavy atom. The summed E-state index contributed by atoms with van der Waals surface area (Å²) in [6.45, 7) is 0. The molecule has 0 unspecified atom stereocenters. The van der Waals surface area contributed by atoms with Crippen molar-refractivity contribution in [2.45, 2.75) is 0 Å². The number of hydrogen-bond donors (Lipinski definition) is 0. The summed E-state index contributed by atoms with van der Waals surface area (Å²) in [6.07, 6.45) is 0. The van der Waals surface area contributed by atoms with E-state index in [1.807, 2.05) is 0 Å². The summed E-state index contributed by atoms with van der Waals surface area (Å²) < 4.78 is 0. The van der Waals surface area contributed by atoms with Gasteiger partial charge in [-0.2, -0.15) is 10.4 Å². The fraction of sp³-hybridized carbons (Fsp3) is 0. The lowest BCUT2D eigenvalue weighted by Crippen LogP contribution is -2.71. The molecule has 3 heteroatoms. The van der Waals surface area contributed by atoms with E-state index in [-0.39, 0.29) is 0 Å². The van der Waals surface area contributed by atoms with Crippen LogP contribution in [-0.4, -0.2) is 18.0 Å². The van der Waals surface area contributed by atoms with Gasteiger partial charge in [0, 0.05) is 11.4 Å². The lowest BCUT2D eigenvalue weighted by atomic mass is 10.0. The van der Waals surface area contributed by atoms with Gasteiger partial charge in [-0.05, 0) is 42.1 Å². The van der Waals surface area contributed by atoms with Crippen molar-refractivity contribution in [1.82, 2.24) is 9.97 Å². The first-order chi connectivity index (χ1) is 16.4. The highest BCUT2D eigenvalue weighted by molar-refractivity contribution is 7.24. The van der Waals surface area contributed by atoms with Gasteiger partial charge in [-0.3, -0.25) is 9.97 Å². The molecule has 33 heavy (non-hydrogen) atoms. The van der Waals surface area contributed by atoms with Crippen LogP contribution in [0.25, 0.3) is 44.3 Å². The Bertz CT molecular complexity index is 1670. The van der Waals surface area contributed by atoms with Crippen LogP contribution in [0.4, 0.5) is 0 Å². The van der Waals surface area contributed by atoms with Crippen molar-refractivity contribution in [3.05, 3.63) is 109 Å². The lowest BCUT2D eigenvalue weighted by molar-refractivity contribution is 1.41. The number of pyridine rings is 2. The number of benzene rings is 4. The number of fused-ring (bicyclic) bond motifs is 8. The molecule has 0 radical (unpaired) electrons. The van der Waals surface area contributed by atoms with Crippen LogP contribution in [0, 0.1) is 0 Å². The summed E-state index contributed by atoms with van der Waals surface area (Å²) in [4.78, 5) is 10.5. The monoisotopic (exact) mass is 434 g/mol. The standard InChI is InChI=1S/C30H18N2Si/c1-2-11-21(12-3-1)33-26-17-19-9-4-6-15-24(19)31-28(26)22-13-8-14-23(30(22)33)29-27(33)18-20-10-5-7-16-25(20)32-29/h1-18H/q-1. The second-order valence-corrected chi connectivity index (χ2v) is 12.7. The molecule has 8 rings (SSSR count). The van der Waals surface area contributed by atoms with Crippen LogP contribution in [0.15, 0.2) is 109 Å². The van der Waals surface area contributed by atoms with Gasteiger partial charge < -0.3 is 0 Å². The maximum Gasteiger partial charge on any atom is 0.0707 e. The summed E-state index contributed by atoms with van der Waals surface area (Å²) >= 11 is 0. The summed E-state index contributed by atoms with van der Waals surface area (Å²) in [5.41, 5.74) is 6.99. The predicted octanol–water partition coefficient (Wildman–Crippen LogP) is 4.12. The van der Waals surface area contributed by atoms with Crippen LogP contribution in [0.5, 0.6) is 0 Å². The Labute approximate surface area is 192 Å². The van der Waals surface area contributed by atoms with Crippen LogP contribution >= 0.6 is 0 Å². The van der Waals surface area contributed by atoms with Crippen LogP contribution in [-0.2, 0) is 0 Å². The third kappa shape index (κ3) is 2.04. The topological polar surface area (TPSA) is 25.8 Å². The fourth-order valence-corrected chi connectivity index (χ4v) is 11.6. The maximum atomic E-state index is 5.24.